The van der Waals surface area contributed by atoms with E-state index < -0.39 is 120 Å². The maximum atomic E-state index is 10.2. The van der Waals surface area contributed by atoms with E-state index in [1.807, 2.05) is 121 Å². The van der Waals surface area contributed by atoms with Crippen LogP contribution in [0.1, 0.15) is 96.9 Å². The first-order valence-corrected chi connectivity index (χ1v) is 43.9. The molecule has 129 heavy (non-hydrogen) atoms. The minimum absolute atomic E-state index is 0.0768. The van der Waals surface area contributed by atoms with Crippen LogP contribution in [-0.4, -0.2) is 15.8 Å². The minimum atomic E-state index is -0.899. The maximum absolute atomic E-state index is 10.2. The molecule has 0 saturated carbocycles. The summed E-state index contributed by atoms with van der Waals surface area (Å²) >= 11 is 0. The molecule has 0 fully saturated rings. The lowest BCUT2D eigenvalue weighted by molar-refractivity contribution is 0.436. The Kier molecular flexibility index (Phi) is 13.7. The van der Waals surface area contributed by atoms with Gasteiger partial charge in [-0.25, -0.2) is 0 Å². The topological polar surface area (TPSA) is 25.6 Å². The largest absolute Gasteiger partial charge is 0.457 e. The van der Waals surface area contributed by atoms with Crippen LogP contribution in [-0.2, 0) is 16.2 Å². The summed E-state index contributed by atoms with van der Waals surface area (Å²) in [5.74, 6) is 1.28. The van der Waals surface area contributed by atoms with Gasteiger partial charge in [0, 0.05) is 89.0 Å². The van der Waals surface area contributed by atoms with E-state index >= 15 is 0 Å². The summed E-state index contributed by atoms with van der Waals surface area (Å²) in [7, 11) is 0. The quantitative estimate of drug-likeness (QED) is 0.121. The Morgan fingerprint density at radius 3 is 1.04 bits per heavy atom. The Bertz CT molecular complexity index is 8870. The number of rotatable bonds is 11. The highest BCUT2D eigenvalue weighted by Crippen LogP contribution is 2.64. The van der Waals surface area contributed by atoms with Crippen molar-refractivity contribution < 1.29 is 26.7 Å². The number of para-hydroxylation sites is 5. The summed E-state index contributed by atoms with van der Waals surface area (Å²) in [6.07, 6.45) is 0. The van der Waals surface area contributed by atoms with E-state index in [-0.39, 0.29) is 55.0 Å². The average molecular weight is 1670 g/mol. The number of hydrogen-bond donors (Lipinski definition) is 0. The van der Waals surface area contributed by atoms with Crippen LogP contribution < -0.4 is 30.9 Å². The number of ether oxygens (including phenoxy) is 1. The van der Waals surface area contributed by atoms with Gasteiger partial charge in [-0.05, 0) is 225 Å². The van der Waals surface area contributed by atoms with Crippen molar-refractivity contribution in [1.29, 1.82) is 0 Å². The van der Waals surface area contributed by atoms with Crippen LogP contribution in [0.3, 0.4) is 0 Å². The maximum Gasteiger partial charge on any atom is 0.252 e. The molecule has 0 saturated heterocycles. The van der Waals surface area contributed by atoms with Gasteiger partial charge in [-0.2, -0.15) is 0 Å². The SMILES string of the molecule is [2H]c1c([2H])c([2H])c2c(c1[2H])c1c([2H])c([2H])c([2H])c([2H])c1n2-c1ccc2c(c1)N(c1c(-c3ccccc3)cc(C(C)(C)C)cc1-c1ccccc1)c1cc(-c3ccc4c(c3)Oc3ccccc3C43c4ccccc4-c4ccccc43)cc3c1B2c1ccc(-n2c4c([2H])c([2H])c([2H])c([2H])c4c4c([2H])c([2H])c([2H])c([2H])c42)cc1N3c1c(-c2cccc(-c3ccccc3)c2)cc(C(C)(C)C)cc1-c1cccc(-c2ccccc2)c1. The van der Waals surface area contributed by atoms with Crippen molar-refractivity contribution >= 4 is 101 Å². The van der Waals surface area contributed by atoms with Crippen LogP contribution in [0.25, 0.3) is 144 Å². The van der Waals surface area contributed by atoms with Gasteiger partial charge in [-0.15, -0.1) is 0 Å². The Morgan fingerprint density at radius 2 is 0.612 bits per heavy atom. The van der Waals surface area contributed by atoms with Crippen molar-refractivity contribution in [3.8, 4) is 112 Å². The molecule has 5 heterocycles. The summed E-state index contributed by atoms with van der Waals surface area (Å²) in [6.45, 7) is 12.4. The van der Waals surface area contributed by atoms with Crippen LogP contribution in [0.15, 0.2) is 430 Å². The molecule has 0 atom stereocenters. The molecule has 5 nitrogen and oxygen atoms in total. The van der Waals surface area contributed by atoms with Gasteiger partial charge < -0.3 is 23.7 Å². The summed E-state index contributed by atoms with van der Waals surface area (Å²) in [6, 6.07) is 108. The molecule has 6 heteroatoms. The van der Waals surface area contributed by atoms with Gasteiger partial charge in [0.1, 0.15) is 11.5 Å². The second-order valence-corrected chi connectivity index (χ2v) is 36.2. The molecule has 4 aliphatic rings. The van der Waals surface area contributed by atoms with Gasteiger partial charge in [-0.1, -0.05) is 363 Å². The number of aromatic nitrogens is 2. The molecule has 2 aromatic heterocycles. The van der Waals surface area contributed by atoms with Gasteiger partial charge >= 0.3 is 0 Å². The molecule has 21 aromatic rings. The van der Waals surface area contributed by atoms with E-state index in [0.717, 1.165) is 128 Å². The molecule has 0 bridgehead atoms. The Hall–Kier alpha value is -15.8. The molecule has 3 aliphatic heterocycles. The van der Waals surface area contributed by atoms with E-state index in [1.54, 1.807) is 9.13 Å². The molecule has 0 radical (unpaired) electrons. The molecule has 25 rings (SSSR count). The van der Waals surface area contributed by atoms with Gasteiger partial charge in [-0.3, -0.25) is 0 Å². The van der Waals surface area contributed by atoms with Gasteiger partial charge in [0.15, 0.2) is 0 Å². The zero-order valence-electron chi connectivity index (χ0n) is 87.5. The zero-order valence-corrected chi connectivity index (χ0v) is 71.5. The molecular formula is C123H89BN4O. The number of nitrogens with zero attached hydrogens (tertiary/aromatic N) is 4. The molecule has 610 valence electrons. The first kappa shape index (κ1) is 60.8. The Morgan fingerprint density at radius 1 is 0.264 bits per heavy atom. The van der Waals surface area contributed by atoms with Crippen molar-refractivity contribution in [3.05, 3.63) is 464 Å². The summed E-state index contributed by atoms with van der Waals surface area (Å²) in [4.78, 5) is 4.73. The van der Waals surface area contributed by atoms with Gasteiger partial charge in [0.05, 0.1) is 60.8 Å². The number of fused-ring (bicyclic) bond motifs is 19. The highest BCUT2D eigenvalue weighted by molar-refractivity contribution is 7.00. The third kappa shape index (κ3) is 11.8. The highest BCUT2D eigenvalue weighted by atomic mass is 16.5. The number of anilines is 6. The summed E-state index contributed by atoms with van der Waals surface area (Å²) in [5.41, 5.74) is 24.5. The molecule has 1 spiro atoms. The fourth-order valence-corrected chi connectivity index (χ4v) is 21.0. The monoisotopic (exact) mass is 1660 g/mol. The van der Waals surface area contributed by atoms with Crippen LogP contribution in [0.4, 0.5) is 34.1 Å². The predicted octanol–water partition coefficient (Wildman–Crippen LogP) is 30.7. The molecule has 0 unspecified atom stereocenters. The van der Waals surface area contributed by atoms with Gasteiger partial charge in [0.2, 0.25) is 0 Å². The van der Waals surface area contributed by atoms with Crippen molar-refractivity contribution in [2.45, 2.75) is 57.8 Å². The fourth-order valence-electron chi connectivity index (χ4n) is 21.0. The molecule has 19 aromatic carbocycles. The second kappa shape index (κ2) is 29.2. The predicted molar refractivity (Wildman–Crippen MR) is 542 cm³/mol. The lowest BCUT2D eigenvalue weighted by Crippen LogP contribution is -2.61. The van der Waals surface area contributed by atoms with Crippen LogP contribution in [0.2, 0.25) is 0 Å². The van der Waals surface area contributed by atoms with Crippen LogP contribution in [0, 0.1) is 0 Å². The van der Waals surface area contributed by atoms with Crippen molar-refractivity contribution in [2.24, 2.45) is 0 Å². The second-order valence-electron chi connectivity index (χ2n) is 36.2. The molecule has 1 aliphatic carbocycles. The molecular weight excluding hydrogens is 1560 g/mol. The minimum Gasteiger partial charge on any atom is -0.457 e. The summed E-state index contributed by atoms with van der Waals surface area (Å²) < 4.78 is 167. The van der Waals surface area contributed by atoms with E-state index in [4.69, 9.17) is 4.74 Å². The standard InChI is InChI=1S/C123H89BN4O/c1-121(2,3)88-72-98(80-39-15-9-16-40-80)119(99(73-88)81-41-17-10-18-42-81)127-112-76-90(125-108-56-28-21-49-94(108)95-50-22-29-57-109(95)125)62-65-106(112)124-107-66-63-91(126-110-58-30-23-51-96(110)97-52-24-31-59-111(97)126)77-113(107)128(120-100(85-45-33-43-82(67-85)78-35-11-7-12-36-78)74-89(122(4,5)6)75-101(120)86-46-34-44-83(68-86)79-37-13-8-14-38-79)115-70-87(69-114(127)118(115)124)84-61-64-105-117(71-84)129-116-60-32-27-55-104(116)123(105)102-53-25-19-47-92(102)93-48-20-26-54-103(93)123/h7-77H,1-6H3/i21D,22D,23D,24D,28D,29D,30D,31D,49D,50D,51D,52D,56D,57D,58D,59D. The Balaban J connectivity index is 0.905. The molecule has 0 N–H and O–H groups in total. The van der Waals surface area contributed by atoms with E-state index in [9.17, 15) is 21.9 Å². The lowest BCUT2D eigenvalue weighted by Gasteiger charge is -2.46. The van der Waals surface area contributed by atoms with Crippen molar-refractivity contribution in [3.63, 3.8) is 0 Å². The first-order valence-electron chi connectivity index (χ1n) is 51.9. The first-order chi connectivity index (χ1) is 69.9. The lowest BCUT2D eigenvalue weighted by atomic mass is 9.33. The Labute approximate surface area is 775 Å². The average Bonchev–Trinajstić information content (AvgIpc) is 1.66. The highest BCUT2D eigenvalue weighted by Gasteiger charge is 2.52. The third-order valence-corrected chi connectivity index (χ3v) is 26.9. The smallest absolute Gasteiger partial charge is 0.252 e. The van der Waals surface area contributed by atoms with Crippen LogP contribution >= 0.6 is 0 Å². The number of benzene rings is 19. The van der Waals surface area contributed by atoms with E-state index in [0.29, 0.717) is 56.4 Å². The molecule has 0 amide bonds. The van der Waals surface area contributed by atoms with E-state index in [1.165, 1.54) is 0 Å². The van der Waals surface area contributed by atoms with Crippen molar-refractivity contribution in [1.82, 2.24) is 9.13 Å². The van der Waals surface area contributed by atoms with Crippen molar-refractivity contribution in [2.75, 3.05) is 9.80 Å². The van der Waals surface area contributed by atoms with E-state index in [2.05, 4.69) is 264 Å². The van der Waals surface area contributed by atoms with Crippen LogP contribution in [0.5, 0.6) is 11.5 Å². The fraction of sp³-hybridized carbons (Fsp3) is 0.0732. The normalized spacial score (nSPS) is 15.0. The number of hydrogen-bond acceptors (Lipinski definition) is 3. The summed E-state index contributed by atoms with van der Waals surface area (Å²) in [5, 5.41) is -0.390. The zero-order chi connectivity index (χ0) is 100. The van der Waals surface area contributed by atoms with Gasteiger partial charge in [0.25, 0.3) is 6.71 Å². The third-order valence-electron chi connectivity index (χ3n) is 26.9.